The summed E-state index contributed by atoms with van der Waals surface area (Å²) in [4.78, 5) is 2.77. The zero-order chi connectivity index (χ0) is 14.6. The Morgan fingerprint density at radius 1 is 1.30 bits per heavy atom. The van der Waals surface area contributed by atoms with E-state index in [4.69, 9.17) is 0 Å². The summed E-state index contributed by atoms with van der Waals surface area (Å²) in [5, 5.41) is 3.39. The van der Waals surface area contributed by atoms with Crippen molar-refractivity contribution in [1.82, 2.24) is 9.62 Å². The van der Waals surface area contributed by atoms with Crippen molar-refractivity contribution in [3.63, 3.8) is 0 Å². The van der Waals surface area contributed by atoms with Crippen LogP contribution in [0, 0.1) is 0 Å². The minimum Gasteiger partial charge on any atom is -0.383 e. The lowest BCUT2D eigenvalue weighted by Gasteiger charge is -2.23. The van der Waals surface area contributed by atoms with Gasteiger partial charge in [0.2, 0.25) is 10.0 Å². The lowest BCUT2D eigenvalue weighted by atomic mass is 10.2. The maximum atomic E-state index is 11.6. The van der Waals surface area contributed by atoms with E-state index >= 15 is 0 Å². The largest absolute Gasteiger partial charge is 0.383 e. The standard InChI is InChI=1S/C14H23N3O2S/c1-3-17-10-4-5-13(17)11-16-12-6-8-14(9-7-12)20(18,19)15-2/h6-9,13,15-16H,3-5,10-11H2,1-2H3. The van der Waals surface area contributed by atoms with Crippen LogP contribution in [0.15, 0.2) is 29.2 Å². The van der Waals surface area contributed by atoms with Crippen molar-refractivity contribution in [2.45, 2.75) is 30.7 Å². The number of nitrogens with zero attached hydrogens (tertiary/aromatic N) is 1. The number of rotatable bonds is 6. The average Bonchev–Trinajstić information content (AvgIpc) is 2.93. The Kier molecular flexibility index (Phi) is 5.01. The number of likely N-dealkylation sites (N-methyl/N-ethyl adjacent to an activating group) is 1. The van der Waals surface area contributed by atoms with Crippen LogP contribution >= 0.6 is 0 Å². The summed E-state index contributed by atoms with van der Waals surface area (Å²) in [6, 6.07) is 7.46. The second kappa shape index (κ2) is 6.56. The second-order valence-electron chi connectivity index (χ2n) is 5.04. The van der Waals surface area contributed by atoms with Gasteiger partial charge in [0.15, 0.2) is 0 Å². The number of sulfonamides is 1. The van der Waals surface area contributed by atoms with Crippen LogP contribution in [0.4, 0.5) is 5.69 Å². The van der Waals surface area contributed by atoms with Gasteiger partial charge in [-0.25, -0.2) is 13.1 Å². The Bertz CT molecular complexity index is 528. The predicted octanol–water partition coefficient (Wildman–Crippen LogP) is 1.49. The molecule has 0 aliphatic carbocycles. The summed E-state index contributed by atoms with van der Waals surface area (Å²) in [6.45, 7) is 5.37. The summed E-state index contributed by atoms with van der Waals surface area (Å²) in [7, 11) is -1.93. The molecular formula is C14H23N3O2S. The third-order valence-electron chi connectivity index (χ3n) is 3.88. The highest BCUT2D eigenvalue weighted by Gasteiger charge is 2.22. The fourth-order valence-electron chi connectivity index (χ4n) is 2.65. The van der Waals surface area contributed by atoms with Crippen LogP contribution in [0.5, 0.6) is 0 Å². The third kappa shape index (κ3) is 3.50. The molecular weight excluding hydrogens is 274 g/mol. The van der Waals surface area contributed by atoms with Gasteiger partial charge in [-0.3, -0.25) is 4.90 Å². The first-order valence-electron chi connectivity index (χ1n) is 7.08. The molecule has 5 nitrogen and oxygen atoms in total. The third-order valence-corrected chi connectivity index (χ3v) is 5.31. The summed E-state index contributed by atoms with van der Waals surface area (Å²) < 4.78 is 25.6. The molecule has 112 valence electrons. The fourth-order valence-corrected chi connectivity index (χ4v) is 3.38. The average molecular weight is 297 g/mol. The fraction of sp³-hybridized carbons (Fsp3) is 0.571. The van der Waals surface area contributed by atoms with Gasteiger partial charge in [-0.1, -0.05) is 6.92 Å². The maximum absolute atomic E-state index is 11.6. The molecule has 0 saturated carbocycles. The molecule has 20 heavy (non-hydrogen) atoms. The Balaban J connectivity index is 1.94. The Labute approximate surface area is 121 Å². The first kappa shape index (κ1) is 15.3. The van der Waals surface area contributed by atoms with Crippen LogP contribution in [0.25, 0.3) is 0 Å². The van der Waals surface area contributed by atoms with Crippen molar-refractivity contribution >= 4 is 15.7 Å². The normalized spacial score (nSPS) is 20.2. The van der Waals surface area contributed by atoms with Gasteiger partial charge < -0.3 is 5.32 Å². The number of anilines is 1. The zero-order valence-corrected chi connectivity index (χ0v) is 12.9. The molecule has 1 aromatic rings. The van der Waals surface area contributed by atoms with Gasteiger partial charge in [0.1, 0.15) is 0 Å². The molecule has 2 rings (SSSR count). The quantitative estimate of drug-likeness (QED) is 0.835. The van der Waals surface area contributed by atoms with Gasteiger partial charge in [0.05, 0.1) is 4.90 Å². The van der Waals surface area contributed by atoms with E-state index in [9.17, 15) is 8.42 Å². The molecule has 1 atom stereocenters. The lowest BCUT2D eigenvalue weighted by Crippen LogP contribution is -2.34. The van der Waals surface area contributed by atoms with Gasteiger partial charge in [0, 0.05) is 18.3 Å². The predicted molar refractivity (Wildman–Crippen MR) is 81.4 cm³/mol. The molecule has 1 fully saturated rings. The highest BCUT2D eigenvalue weighted by Crippen LogP contribution is 2.18. The van der Waals surface area contributed by atoms with E-state index < -0.39 is 10.0 Å². The highest BCUT2D eigenvalue weighted by atomic mass is 32.2. The molecule has 2 N–H and O–H groups in total. The van der Waals surface area contributed by atoms with E-state index in [1.54, 1.807) is 12.1 Å². The van der Waals surface area contributed by atoms with Crippen molar-refractivity contribution < 1.29 is 8.42 Å². The smallest absolute Gasteiger partial charge is 0.240 e. The lowest BCUT2D eigenvalue weighted by molar-refractivity contribution is 0.277. The first-order valence-corrected chi connectivity index (χ1v) is 8.56. The SMILES string of the molecule is CCN1CCCC1CNc1ccc(S(=O)(=O)NC)cc1. The highest BCUT2D eigenvalue weighted by molar-refractivity contribution is 7.89. The Morgan fingerprint density at radius 3 is 2.60 bits per heavy atom. The second-order valence-corrected chi connectivity index (χ2v) is 6.92. The number of likely N-dealkylation sites (tertiary alicyclic amines) is 1. The molecule has 0 aromatic heterocycles. The van der Waals surface area contributed by atoms with E-state index in [1.807, 2.05) is 12.1 Å². The van der Waals surface area contributed by atoms with Gasteiger partial charge in [0.25, 0.3) is 0 Å². The van der Waals surface area contributed by atoms with Crippen molar-refractivity contribution in [3.8, 4) is 0 Å². The molecule has 6 heteroatoms. The summed E-state index contributed by atoms with van der Waals surface area (Å²) in [6.07, 6.45) is 2.49. The molecule has 1 aliphatic rings. The van der Waals surface area contributed by atoms with E-state index in [0.29, 0.717) is 10.9 Å². The first-order chi connectivity index (χ1) is 9.56. The van der Waals surface area contributed by atoms with Crippen molar-refractivity contribution in [3.05, 3.63) is 24.3 Å². The molecule has 1 saturated heterocycles. The summed E-state index contributed by atoms with van der Waals surface area (Å²) in [5.41, 5.74) is 0.961. The molecule has 0 bridgehead atoms. The number of hydrogen-bond acceptors (Lipinski definition) is 4. The molecule has 0 spiro atoms. The minimum absolute atomic E-state index is 0.293. The van der Waals surface area contributed by atoms with Crippen molar-refractivity contribution in [2.24, 2.45) is 0 Å². The maximum Gasteiger partial charge on any atom is 0.240 e. The van der Waals surface area contributed by atoms with Crippen LogP contribution in [-0.4, -0.2) is 46.0 Å². The molecule has 1 aliphatic heterocycles. The van der Waals surface area contributed by atoms with E-state index in [1.165, 1.54) is 26.4 Å². The van der Waals surface area contributed by atoms with E-state index in [2.05, 4.69) is 21.9 Å². The Hall–Kier alpha value is -1.11. The van der Waals surface area contributed by atoms with Gasteiger partial charge in [-0.2, -0.15) is 0 Å². The van der Waals surface area contributed by atoms with Gasteiger partial charge in [-0.15, -0.1) is 0 Å². The van der Waals surface area contributed by atoms with Crippen molar-refractivity contribution in [1.29, 1.82) is 0 Å². The topological polar surface area (TPSA) is 61.4 Å². The summed E-state index contributed by atoms with van der Waals surface area (Å²) >= 11 is 0. The van der Waals surface area contributed by atoms with Crippen LogP contribution < -0.4 is 10.0 Å². The molecule has 1 heterocycles. The van der Waals surface area contributed by atoms with Gasteiger partial charge in [-0.05, 0) is 57.2 Å². The summed E-state index contributed by atoms with van der Waals surface area (Å²) in [5.74, 6) is 0. The zero-order valence-electron chi connectivity index (χ0n) is 12.1. The van der Waals surface area contributed by atoms with Crippen LogP contribution in [-0.2, 0) is 10.0 Å². The molecule has 1 aromatic carbocycles. The van der Waals surface area contributed by atoms with Gasteiger partial charge >= 0.3 is 0 Å². The molecule has 0 radical (unpaired) electrons. The van der Waals surface area contributed by atoms with E-state index in [-0.39, 0.29) is 0 Å². The molecule has 1 unspecified atom stereocenters. The van der Waals surface area contributed by atoms with Crippen LogP contribution in [0.3, 0.4) is 0 Å². The number of hydrogen-bond donors (Lipinski definition) is 2. The molecule has 0 amide bonds. The van der Waals surface area contributed by atoms with E-state index in [0.717, 1.165) is 18.8 Å². The van der Waals surface area contributed by atoms with Crippen LogP contribution in [0.2, 0.25) is 0 Å². The minimum atomic E-state index is -3.34. The number of nitrogens with one attached hydrogen (secondary N) is 2. The van der Waals surface area contributed by atoms with Crippen molar-refractivity contribution in [2.75, 3.05) is 32.0 Å². The number of benzene rings is 1. The monoisotopic (exact) mass is 297 g/mol. The Morgan fingerprint density at radius 2 is 2.00 bits per heavy atom. The van der Waals surface area contributed by atoms with Crippen LogP contribution in [0.1, 0.15) is 19.8 Å².